The summed E-state index contributed by atoms with van der Waals surface area (Å²) in [6, 6.07) is 42.2. The van der Waals surface area contributed by atoms with Crippen LogP contribution in [0.3, 0.4) is 0 Å². The number of nitrogens with two attached hydrogens (primary N) is 1. The normalized spacial score (nSPS) is 18.1. The second-order valence-corrected chi connectivity index (χ2v) is 43.5. The first-order chi connectivity index (χ1) is 66.9. The molecule has 754 valence electrons. The Kier molecular flexibility index (Phi) is 30.8. The summed E-state index contributed by atoms with van der Waals surface area (Å²) in [5.41, 5.74) is 12.2. The molecule has 4 aromatic carbocycles. The molecule has 34 nitrogen and oxygen atoms in total. The van der Waals surface area contributed by atoms with Gasteiger partial charge in [0.05, 0.1) is 29.4 Å². The number of benzene rings is 4. The van der Waals surface area contributed by atoms with Crippen LogP contribution in [0.15, 0.2) is 181 Å². The number of aromatic nitrogens is 10. The van der Waals surface area contributed by atoms with Gasteiger partial charge in [-0.05, 0) is 337 Å². The molecule has 4 spiro atoms. The Bertz CT molecular complexity index is 6130. The highest BCUT2D eigenvalue weighted by atomic mass is 16.6. The summed E-state index contributed by atoms with van der Waals surface area (Å²) in [6.07, 6.45) is 23.9. The molecule has 6 aromatic heterocycles. The number of pyridine rings is 2. The first kappa shape index (κ1) is 102. The molecule has 0 saturated carbocycles. The van der Waals surface area contributed by atoms with Crippen LogP contribution < -0.4 is 52.4 Å². The fourth-order valence-electron chi connectivity index (χ4n) is 20.6. The molecule has 141 heavy (non-hydrogen) atoms. The Hall–Kier alpha value is -13.0. The highest BCUT2D eigenvalue weighted by Gasteiger charge is 2.44. The number of aliphatic hydroxyl groups is 2. The number of rotatable bonds is 17. The lowest BCUT2D eigenvalue weighted by Gasteiger charge is -2.47. The Balaban J connectivity index is 0.000000147. The third kappa shape index (κ3) is 25.3. The molecule has 8 saturated heterocycles. The number of hydrogen-bond donors (Lipinski definition) is 6. The molecule has 8 aliphatic heterocycles. The number of nitrogens with zero attached hydrogens (tertiary/aromatic N) is 18. The van der Waals surface area contributed by atoms with Crippen molar-refractivity contribution in [3.63, 3.8) is 0 Å². The molecular formula is C107H144N22O12. The van der Waals surface area contributed by atoms with Crippen molar-refractivity contribution in [1.82, 2.24) is 68.6 Å². The monoisotopic (exact) mass is 1930 g/mol. The van der Waals surface area contributed by atoms with Crippen molar-refractivity contribution in [2.24, 2.45) is 21.7 Å². The molecule has 18 rings (SSSR count). The summed E-state index contributed by atoms with van der Waals surface area (Å²) in [5.74, 6) is 1.64. The van der Waals surface area contributed by atoms with E-state index in [0.717, 1.165) is 197 Å². The van der Waals surface area contributed by atoms with Crippen LogP contribution in [0.4, 0.5) is 71.8 Å². The van der Waals surface area contributed by atoms with Gasteiger partial charge in [-0.2, -0.15) is 9.97 Å². The zero-order valence-electron chi connectivity index (χ0n) is 84.6. The number of piperidine rings is 8. The number of ether oxygens (including phenoxy) is 3. The van der Waals surface area contributed by atoms with Crippen molar-refractivity contribution in [2.75, 3.05) is 141 Å². The lowest BCUT2D eigenvalue weighted by molar-refractivity contribution is -0.384. The van der Waals surface area contributed by atoms with E-state index < -0.39 is 28.0 Å². The minimum Gasteiger partial charge on any atom is -0.444 e. The van der Waals surface area contributed by atoms with Gasteiger partial charge in [-0.15, -0.1) is 13.2 Å². The lowest BCUT2D eigenvalue weighted by atomic mass is 9.71. The number of fused-ring (bicyclic) bond motifs is 2. The lowest BCUT2D eigenvalue weighted by Crippen LogP contribution is -2.49. The second-order valence-electron chi connectivity index (χ2n) is 43.5. The van der Waals surface area contributed by atoms with Crippen LogP contribution in [0.5, 0.6) is 0 Å². The highest BCUT2D eigenvalue weighted by molar-refractivity contribution is 5.79. The van der Waals surface area contributed by atoms with Crippen LogP contribution in [0.2, 0.25) is 0 Å². The van der Waals surface area contributed by atoms with Crippen LogP contribution in [0, 0.1) is 31.8 Å². The van der Waals surface area contributed by atoms with E-state index in [4.69, 9.17) is 29.9 Å². The fourth-order valence-corrected chi connectivity index (χ4v) is 20.6. The molecule has 0 atom stereocenters. The van der Waals surface area contributed by atoms with Gasteiger partial charge in [-0.3, -0.25) is 19.7 Å². The van der Waals surface area contributed by atoms with Gasteiger partial charge in [0, 0.05) is 156 Å². The number of anilines is 9. The van der Waals surface area contributed by atoms with Gasteiger partial charge in [-0.1, -0.05) is 24.3 Å². The van der Waals surface area contributed by atoms with Crippen LogP contribution >= 0.6 is 0 Å². The summed E-state index contributed by atoms with van der Waals surface area (Å²) in [6.45, 7) is 47.1. The van der Waals surface area contributed by atoms with E-state index in [0.29, 0.717) is 73.2 Å². The molecule has 8 aliphatic rings. The van der Waals surface area contributed by atoms with Crippen molar-refractivity contribution in [2.45, 2.75) is 234 Å². The molecule has 0 unspecified atom stereocenters. The number of carbonyl (C=O) groups is 3. The Labute approximate surface area is 826 Å². The molecule has 0 aliphatic carbocycles. The zero-order valence-corrected chi connectivity index (χ0v) is 84.6. The molecule has 3 amide bonds. The van der Waals surface area contributed by atoms with Gasteiger partial charge < -0.3 is 80.4 Å². The molecular weight excluding hydrogens is 1790 g/mol. The summed E-state index contributed by atoms with van der Waals surface area (Å²) in [5, 5.41) is 42.7. The molecule has 14 heterocycles. The quantitative estimate of drug-likeness (QED) is 0.0162. The van der Waals surface area contributed by atoms with Crippen molar-refractivity contribution >= 4 is 97.7 Å². The summed E-state index contributed by atoms with van der Waals surface area (Å²) in [4.78, 5) is 117. The summed E-state index contributed by atoms with van der Waals surface area (Å²) < 4.78 is 22.9. The maximum absolute atomic E-state index is 13.3. The van der Waals surface area contributed by atoms with Gasteiger partial charge >= 0.3 is 18.3 Å². The Morgan fingerprint density at radius 2 is 0.709 bits per heavy atom. The Morgan fingerprint density at radius 3 is 0.993 bits per heavy atom. The Morgan fingerprint density at radius 1 is 0.426 bits per heavy atom. The topological polar surface area (TPSA) is 378 Å². The average Bonchev–Trinajstić information content (AvgIpc) is 1.60. The van der Waals surface area contributed by atoms with Crippen LogP contribution in [0.1, 0.15) is 204 Å². The third-order valence-electron chi connectivity index (χ3n) is 29.2. The number of nitro groups is 1. The summed E-state index contributed by atoms with van der Waals surface area (Å²) in [7, 11) is 0. The van der Waals surface area contributed by atoms with E-state index in [-0.39, 0.29) is 58.5 Å². The molecule has 7 N–H and O–H groups in total. The van der Waals surface area contributed by atoms with Crippen LogP contribution in [-0.4, -0.2) is 218 Å². The van der Waals surface area contributed by atoms with E-state index in [2.05, 4.69) is 105 Å². The predicted octanol–water partition coefficient (Wildman–Crippen LogP) is 18.0. The van der Waals surface area contributed by atoms with Crippen molar-refractivity contribution in [3.05, 3.63) is 213 Å². The first-order valence-corrected chi connectivity index (χ1v) is 50.0. The highest BCUT2D eigenvalue weighted by Crippen LogP contribution is 2.47. The number of hydrogen-bond acceptors (Lipinski definition) is 26. The van der Waals surface area contributed by atoms with Crippen molar-refractivity contribution < 1.29 is 43.7 Å². The number of nitrogen functional groups attached to an aromatic ring is 1. The third-order valence-corrected chi connectivity index (χ3v) is 29.2. The number of nitro benzene ring substituents is 1. The smallest absolute Gasteiger partial charge is 0.410 e. The number of non-ortho nitro benzene ring substituents is 1. The van der Waals surface area contributed by atoms with Crippen LogP contribution in [0.25, 0.3) is 33.7 Å². The van der Waals surface area contributed by atoms with Gasteiger partial charge in [0.1, 0.15) is 38.8 Å². The van der Waals surface area contributed by atoms with Gasteiger partial charge in [0.2, 0.25) is 11.9 Å². The number of nitrogens with one attached hydrogen (secondary N) is 3. The summed E-state index contributed by atoms with van der Waals surface area (Å²) >= 11 is 0. The van der Waals surface area contributed by atoms with E-state index in [9.17, 15) is 44.3 Å². The predicted molar refractivity (Wildman–Crippen MR) is 555 cm³/mol. The first-order valence-electron chi connectivity index (χ1n) is 50.0. The van der Waals surface area contributed by atoms with Crippen LogP contribution in [-0.2, 0) is 38.5 Å². The minimum atomic E-state index is -1.16. The van der Waals surface area contributed by atoms with Crippen molar-refractivity contribution in [1.29, 1.82) is 0 Å². The largest absolute Gasteiger partial charge is 0.444 e. The van der Waals surface area contributed by atoms with Gasteiger partial charge in [0.15, 0.2) is 22.9 Å². The van der Waals surface area contributed by atoms with E-state index in [1.165, 1.54) is 65.5 Å². The second kappa shape index (κ2) is 42.5. The molecule has 0 bridgehead atoms. The number of amides is 3. The maximum atomic E-state index is 13.3. The molecule has 8 fully saturated rings. The zero-order chi connectivity index (χ0) is 101. The number of carbonyl (C=O) groups excluding carboxylic acids is 3. The van der Waals surface area contributed by atoms with Gasteiger partial charge in [-0.25, -0.2) is 53.0 Å². The van der Waals surface area contributed by atoms with E-state index in [1.807, 2.05) is 126 Å². The standard InChI is InChI=1S/C36H46N8O4.C31H38N8O2.C20H29N3O4.C20H31N3O2/c1-7-19-43-31(45)27-24-37-32(40-30(27)44(43)29-10-8-9-28(39-29)35(5,6)47)38-25-11-13-26(14-12-25)41-20-15-36(16-21-41)17-22-42(23-18-36)33(46)48-34(2,3)4;1-4-18-38-28(40)24-21-33-29(36-27(24)39(38)26-7-5-6-25(35-26)30(2,3)41)34-22-8-10-23(11-9-22)37-19-14-31(15-20-37)12-16-32-17-13-31;1-19(2,3)27-18(24)22-14-10-20(11-15-22)8-12-21(13-9-20)16-4-6-17(7-5-16)23(25)26;1-19(2,3)25-18(24)23-14-10-20(11-15-23)8-12-22(13-9-20)17-6-4-16(21)5-7-17/h7-14,24,47H,1,15-23H2,2-6H3,(H,37,38,40);4-11,21,32,41H,1,12-20H2,2-3H3,(H,33,34,36);4-7H,8-15H2,1-3H3;4-7H,8-15,21H2,1-3H3. The van der Waals surface area contributed by atoms with E-state index >= 15 is 0 Å². The average molecular weight is 1930 g/mol. The fraction of sp³-hybridized carbons (Fsp3) is 0.523. The number of allylic oxidation sites excluding steroid dienone is 2. The molecule has 10 aromatic rings. The number of likely N-dealkylation sites (tertiary alicyclic amines) is 3. The maximum Gasteiger partial charge on any atom is 0.410 e. The van der Waals surface area contributed by atoms with Gasteiger partial charge in [0.25, 0.3) is 16.8 Å². The molecule has 0 radical (unpaired) electrons. The minimum absolute atomic E-state index is 0.127. The van der Waals surface area contributed by atoms with E-state index in [1.54, 1.807) is 104 Å². The van der Waals surface area contributed by atoms with Crippen molar-refractivity contribution in [3.8, 4) is 11.6 Å². The molecule has 34 heteroatoms. The SMILES string of the molecule is C=CCn1c(=O)c2cnc(Nc3ccc(N4CCC5(CCN(C(=O)OC(C)(C)C)CC5)CC4)cc3)nc2n1-c1cccc(C(C)(C)O)n1.C=CCn1c(=O)c2cnc(Nc3ccc(N4CCC5(CCNCC5)CC4)cc3)nc2n1-c1cccc(C(C)(C)O)n1.CC(C)(C)OC(=O)N1CCC2(CC1)CCN(c1ccc(N)cc1)CC2.CC(C)(C)OC(=O)N1CCC2(CC1)CCN(c1ccc([N+](=O)[O-])cc1)CC2.